The van der Waals surface area contributed by atoms with E-state index >= 15 is 0 Å². The van der Waals surface area contributed by atoms with E-state index in [9.17, 15) is 0 Å². The predicted octanol–water partition coefficient (Wildman–Crippen LogP) is 4.22. The minimum absolute atomic E-state index is 0.0481. The fourth-order valence-corrected chi connectivity index (χ4v) is 2.14. The predicted molar refractivity (Wildman–Crippen MR) is 92.3 cm³/mol. The minimum atomic E-state index is -0.0481. The molecule has 4 nitrogen and oxygen atoms in total. The van der Waals surface area contributed by atoms with E-state index in [-0.39, 0.29) is 5.41 Å². The highest BCUT2D eigenvalue weighted by Gasteiger charge is 2.21. The van der Waals surface area contributed by atoms with E-state index in [2.05, 4.69) is 64.7 Å². The lowest BCUT2D eigenvalue weighted by Crippen LogP contribution is -2.33. The molecule has 0 radical (unpaired) electrons. The summed E-state index contributed by atoms with van der Waals surface area (Å²) in [7, 11) is 0. The molecule has 1 aromatic heterocycles. The van der Waals surface area contributed by atoms with Crippen LogP contribution in [-0.2, 0) is 5.41 Å². The maximum absolute atomic E-state index is 4.83. The molecule has 0 amide bonds. The Kier molecular flexibility index (Phi) is 6.43. The number of hydrogen-bond donors (Lipinski definition) is 1. The van der Waals surface area contributed by atoms with E-state index in [0.29, 0.717) is 6.04 Å². The SMILES string of the molecule is CCCNc1cc(N(CCC)C(C)C)nc(C(C)(C)C)n1. The molecule has 0 saturated heterocycles. The Morgan fingerprint density at radius 2 is 1.81 bits per heavy atom. The first-order valence-electron chi connectivity index (χ1n) is 8.19. The van der Waals surface area contributed by atoms with Gasteiger partial charge in [-0.05, 0) is 26.7 Å². The van der Waals surface area contributed by atoms with E-state index in [0.717, 1.165) is 43.4 Å². The van der Waals surface area contributed by atoms with Crippen molar-refractivity contribution in [2.45, 2.75) is 72.8 Å². The van der Waals surface area contributed by atoms with Crippen molar-refractivity contribution in [2.75, 3.05) is 23.3 Å². The summed E-state index contributed by atoms with van der Waals surface area (Å²) in [5.74, 6) is 2.87. The van der Waals surface area contributed by atoms with Gasteiger partial charge in [-0.2, -0.15) is 0 Å². The molecule has 1 heterocycles. The van der Waals surface area contributed by atoms with Crippen molar-refractivity contribution in [3.8, 4) is 0 Å². The standard InChI is InChI=1S/C17H32N4/c1-8-10-18-14-12-15(21(11-9-2)13(3)4)20-16(19-14)17(5,6)7/h12-13H,8-11H2,1-7H3,(H,18,19,20). The highest BCUT2D eigenvalue weighted by Crippen LogP contribution is 2.25. The molecule has 1 aromatic rings. The summed E-state index contributed by atoms with van der Waals surface area (Å²) in [5.41, 5.74) is -0.0481. The van der Waals surface area contributed by atoms with Crippen molar-refractivity contribution in [3.63, 3.8) is 0 Å². The smallest absolute Gasteiger partial charge is 0.138 e. The number of nitrogens with one attached hydrogen (secondary N) is 1. The first kappa shape index (κ1) is 17.7. The van der Waals surface area contributed by atoms with Gasteiger partial charge in [0.15, 0.2) is 0 Å². The van der Waals surface area contributed by atoms with Crippen molar-refractivity contribution < 1.29 is 0 Å². The van der Waals surface area contributed by atoms with Crippen LogP contribution in [0.4, 0.5) is 11.6 Å². The second-order valence-electron chi connectivity index (χ2n) is 6.90. The van der Waals surface area contributed by atoms with Crippen LogP contribution in [0.2, 0.25) is 0 Å². The third-order valence-corrected chi connectivity index (χ3v) is 3.32. The zero-order valence-corrected chi connectivity index (χ0v) is 14.8. The van der Waals surface area contributed by atoms with Gasteiger partial charge in [-0.1, -0.05) is 34.6 Å². The second kappa shape index (κ2) is 7.62. The molecule has 0 fully saturated rings. The second-order valence-corrected chi connectivity index (χ2v) is 6.90. The van der Waals surface area contributed by atoms with Gasteiger partial charge in [0.05, 0.1) is 0 Å². The van der Waals surface area contributed by atoms with Gasteiger partial charge in [0.2, 0.25) is 0 Å². The summed E-state index contributed by atoms with van der Waals surface area (Å²) in [4.78, 5) is 11.9. The van der Waals surface area contributed by atoms with Gasteiger partial charge in [-0.25, -0.2) is 9.97 Å². The van der Waals surface area contributed by atoms with E-state index in [1.54, 1.807) is 0 Å². The lowest BCUT2D eigenvalue weighted by Gasteiger charge is -2.29. The molecule has 0 saturated carbocycles. The Hall–Kier alpha value is -1.32. The normalized spacial score (nSPS) is 11.8. The Balaban J connectivity index is 3.22. The fraction of sp³-hybridized carbons (Fsp3) is 0.765. The Bertz CT molecular complexity index is 435. The molecule has 1 N–H and O–H groups in total. The molecule has 0 spiro atoms. The van der Waals surface area contributed by atoms with Crippen LogP contribution in [0.5, 0.6) is 0 Å². The van der Waals surface area contributed by atoms with Crippen LogP contribution in [-0.4, -0.2) is 29.1 Å². The Morgan fingerprint density at radius 1 is 1.14 bits per heavy atom. The summed E-state index contributed by atoms with van der Waals surface area (Å²) in [6.07, 6.45) is 2.21. The summed E-state index contributed by atoms with van der Waals surface area (Å²) < 4.78 is 0. The van der Waals surface area contributed by atoms with Crippen LogP contribution in [0.15, 0.2) is 6.07 Å². The van der Waals surface area contributed by atoms with Crippen molar-refractivity contribution >= 4 is 11.6 Å². The molecular weight excluding hydrogens is 260 g/mol. The maximum atomic E-state index is 4.83. The molecule has 4 heteroatoms. The maximum Gasteiger partial charge on any atom is 0.138 e. The molecular formula is C17H32N4. The quantitative estimate of drug-likeness (QED) is 0.817. The molecule has 0 unspecified atom stereocenters. The molecule has 0 aliphatic carbocycles. The number of rotatable bonds is 7. The number of hydrogen-bond acceptors (Lipinski definition) is 4. The van der Waals surface area contributed by atoms with Crippen molar-refractivity contribution in [1.82, 2.24) is 9.97 Å². The van der Waals surface area contributed by atoms with E-state index in [4.69, 9.17) is 9.97 Å². The highest BCUT2D eigenvalue weighted by atomic mass is 15.2. The van der Waals surface area contributed by atoms with Crippen LogP contribution in [0.25, 0.3) is 0 Å². The number of aromatic nitrogens is 2. The summed E-state index contributed by atoms with van der Waals surface area (Å²) in [5, 5.41) is 3.41. The Morgan fingerprint density at radius 3 is 2.29 bits per heavy atom. The van der Waals surface area contributed by atoms with Gasteiger partial charge < -0.3 is 10.2 Å². The van der Waals surface area contributed by atoms with Crippen LogP contribution < -0.4 is 10.2 Å². The lowest BCUT2D eigenvalue weighted by atomic mass is 9.95. The molecule has 0 aliphatic rings. The third-order valence-electron chi connectivity index (χ3n) is 3.32. The third kappa shape index (κ3) is 5.18. The average molecular weight is 292 g/mol. The first-order valence-corrected chi connectivity index (χ1v) is 8.19. The monoisotopic (exact) mass is 292 g/mol. The lowest BCUT2D eigenvalue weighted by molar-refractivity contribution is 0.542. The van der Waals surface area contributed by atoms with Gasteiger partial charge in [-0.15, -0.1) is 0 Å². The van der Waals surface area contributed by atoms with E-state index in [1.807, 2.05) is 0 Å². The van der Waals surface area contributed by atoms with Gasteiger partial charge in [0.25, 0.3) is 0 Å². The molecule has 1 rings (SSSR count). The fourth-order valence-electron chi connectivity index (χ4n) is 2.14. The van der Waals surface area contributed by atoms with Gasteiger partial charge >= 0.3 is 0 Å². The molecule has 0 aromatic carbocycles. The van der Waals surface area contributed by atoms with Crippen LogP contribution in [0.1, 0.15) is 67.1 Å². The zero-order chi connectivity index (χ0) is 16.0. The number of anilines is 2. The Labute approximate surface area is 130 Å². The molecule has 0 atom stereocenters. The summed E-state index contributed by atoms with van der Waals surface area (Å²) in [6, 6.07) is 2.52. The van der Waals surface area contributed by atoms with Crippen LogP contribution >= 0.6 is 0 Å². The molecule has 0 aliphatic heterocycles. The molecule has 120 valence electrons. The summed E-state index contributed by atoms with van der Waals surface area (Å²) >= 11 is 0. The number of nitrogens with zero attached hydrogens (tertiary/aromatic N) is 3. The van der Waals surface area contributed by atoms with E-state index in [1.165, 1.54) is 0 Å². The van der Waals surface area contributed by atoms with Crippen molar-refractivity contribution in [2.24, 2.45) is 0 Å². The van der Waals surface area contributed by atoms with E-state index < -0.39 is 0 Å². The largest absolute Gasteiger partial charge is 0.370 e. The van der Waals surface area contributed by atoms with Crippen LogP contribution in [0, 0.1) is 0 Å². The highest BCUT2D eigenvalue weighted by molar-refractivity contribution is 5.50. The molecule has 0 bridgehead atoms. The van der Waals surface area contributed by atoms with Gasteiger partial charge in [-0.3, -0.25) is 0 Å². The van der Waals surface area contributed by atoms with Crippen molar-refractivity contribution in [1.29, 1.82) is 0 Å². The topological polar surface area (TPSA) is 41.0 Å². The van der Waals surface area contributed by atoms with Gasteiger partial charge in [0.1, 0.15) is 17.5 Å². The minimum Gasteiger partial charge on any atom is -0.370 e. The molecule has 21 heavy (non-hydrogen) atoms. The van der Waals surface area contributed by atoms with Gasteiger partial charge in [0, 0.05) is 30.6 Å². The van der Waals surface area contributed by atoms with Crippen molar-refractivity contribution in [3.05, 3.63) is 11.9 Å². The first-order chi connectivity index (χ1) is 9.79. The van der Waals surface area contributed by atoms with Crippen LogP contribution in [0.3, 0.4) is 0 Å². The zero-order valence-electron chi connectivity index (χ0n) is 14.8. The average Bonchev–Trinajstić information content (AvgIpc) is 2.40. The summed E-state index contributed by atoms with van der Waals surface area (Å²) in [6.45, 7) is 17.2.